The van der Waals surface area contributed by atoms with Crippen LogP contribution in [0, 0.1) is 0 Å². The zero-order chi connectivity index (χ0) is 26.8. The molecule has 1 N–H and O–H groups in total. The summed E-state index contributed by atoms with van der Waals surface area (Å²) < 4.78 is 11.0. The van der Waals surface area contributed by atoms with E-state index in [0.717, 1.165) is 24.6 Å². The number of thiocarbonyl (C=S) groups is 1. The normalized spacial score (nSPS) is 20.8. The smallest absolute Gasteiger partial charge is 0.338 e. The third-order valence-corrected chi connectivity index (χ3v) is 7.84. The molecule has 0 bridgehead atoms. The quantitative estimate of drug-likeness (QED) is 0.316. The zero-order valence-electron chi connectivity index (χ0n) is 20.6. The summed E-state index contributed by atoms with van der Waals surface area (Å²) in [6.07, 6.45) is 1.73. The van der Waals surface area contributed by atoms with E-state index >= 15 is 0 Å². The SMILES string of the molecule is CCOC(=O)c1ccc(NC(=O)CN2C(=O)/C(=C3\SC(=S)N(CC4CCCO4)C3=O)c3ccccc32)cc1. The number of fused-ring (bicyclic) bond motifs is 1. The Hall–Kier alpha value is -3.54. The number of thioether (sulfide) groups is 1. The highest BCUT2D eigenvalue weighted by Crippen LogP contribution is 2.44. The monoisotopic (exact) mass is 551 g/mol. The minimum absolute atomic E-state index is 0.0695. The highest BCUT2D eigenvalue weighted by molar-refractivity contribution is 8.26. The second-order valence-corrected chi connectivity index (χ2v) is 10.5. The molecule has 0 spiro atoms. The molecular formula is C27H25N3O6S2. The first kappa shape index (κ1) is 26.1. The molecule has 11 heteroatoms. The number of hydrogen-bond donors (Lipinski definition) is 1. The van der Waals surface area contributed by atoms with Crippen molar-refractivity contribution in [3.05, 3.63) is 64.6 Å². The number of nitrogens with one attached hydrogen (secondary N) is 1. The van der Waals surface area contributed by atoms with Gasteiger partial charge >= 0.3 is 5.97 Å². The Morgan fingerprint density at radius 3 is 2.58 bits per heavy atom. The Balaban J connectivity index is 1.34. The van der Waals surface area contributed by atoms with Gasteiger partial charge in [0.25, 0.3) is 11.8 Å². The standard InChI is InChI=1S/C27H25N3O6S2/c1-2-35-26(34)16-9-11-17(12-10-16)28-21(31)15-29-20-8-4-3-7-19(20)22(24(29)32)23-25(33)30(27(37)38-23)14-18-6-5-13-36-18/h3-4,7-12,18H,2,5-6,13-15H2,1H3,(H,28,31)/b23-22-. The summed E-state index contributed by atoms with van der Waals surface area (Å²) in [5.74, 6) is -1.62. The van der Waals surface area contributed by atoms with Crippen LogP contribution in [-0.2, 0) is 23.9 Å². The molecule has 1 atom stereocenters. The number of amides is 3. The van der Waals surface area contributed by atoms with Crippen molar-refractivity contribution in [1.29, 1.82) is 0 Å². The van der Waals surface area contributed by atoms with Crippen molar-refractivity contribution in [2.45, 2.75) is 25.9 Å². The predicted octanol–water partition coefficient (Wildman–Crippen LogP) is 3.60. The maximum absolute atomic E-state index is 13.6. The molecule has 0 aliphatic carbocycles. The lowest BCUT2D eigenvalue weighted by atomic mass is 10.1. The van der Waals surface area contributed by atoms with Crippen molar-refractivity contribution in [2.24, 2.45) is 0 Å². The molecule has 38 heavy (non-hydrogen) atoms. The minimum Gasteiger partial charge on any atom is -0.462 e. The van der Waals surface area contributed by atoms with Gasteiger partial charge in [-0.3, -0.25) is 24.2 Å². The fourth-order valence-corrected chi connectivity index (χ4v) is 5.95. The lowest BCUT2D eigenvalue weighted by Gasteiger charge is -2.18. The number of carbonyl (C=O) groups excluding carboxylic acids is 4. The second kappa shape index (κ2) is 11.1. The van der Waals surface area contributed by atoms with Crippen molar-refractivity contribution in [3.8, 4) is 0 Å². The van der Waals surface area contributed by atoms with Gasteiger partial charge in [-0.15, -0.1) is 0 Å². The molecule has 5 rings (SSSR count). The molecular weight excluding hydrogens is 526 g/mol. The van der Waals surface area contributed by atoms with Crippen LogP contribution in [0.1, 0.15) is 35.7 Å². The van der Waals surface area contributed by atoms with Gasteiger partial charge in [0.2, 0.25) is 5.91 Å². The lowest BCUT2D eigenvalue weighted by molar-refractivity contribution is -0.123. The summed E-state index contributed by atoms with van der Waals surface area (Å²) >= 11 is 6.58. The van der Waals surface area contributed by atoms with Crippen molar-refractivity contribution in [3.63, 3.8) is 0 Å². The number of esters is 1. The van der Waals surface area contributed by atoms with Gasteiger partial charge in [-0.25, -0.2) is 4.79 Å². The number of ether oxygens (including phenoxy) is 2. The summed E-state index contributed by atoms with van der Waals surface area (Å²) in [5.41, 5.74) is 2.22. The fraction of sp³-hybridized carbons (Fsp3) is 0.296. The third kappa shape index (κ3) is 5.09. The average Bonchev–Trinajstić information content (AvgIpc) is 3.59. The van der Waals surface area contributed by atoms with E-state index in [0.29, 0.717) is 40.0 Å². The molecule has 0 radical (unpaired) electrons. The van der Waals surface area contributed by atoms with Crippen molar-refractivity contribution in [2.75, 3.05) is 36.5 Å². The highest BCUT2D eigenvalue weighted by atomic mass is 32.2. The minimum atomic E-state index is -0.446. The van der Waals surface area contributed by atoms with Crippen LogP contribution in [0.4, 0.5) is 11.4 Å². The van der Waals surface area contributed by atoms with E-state index in [1.165, 1.54) is 9.80 Å². The summed E-state index contributed by atoms with van der Waals surface area (Å²) in [6.45, 7) is 2.76. The molecule has 1 unspecified atom stereocenters. The van der Waals surface area contributed by atoms with Crippen LogP contribution >= 0.6 is 24.0 Å². The first-order valence-corrected chi connectivity index (χ1v) is 13.5. The largest absolute Gasteiger partial charge is 0.462 e. The Bertz CT molecular complexity index is 1350. The van der Waals surface area contributed by atoms with E-state index < -0.39 is 17.8 Å². The number of nitrogens with zero attached hydrogens (tertiary/aromatic N) is 2. The zero-order valence-corrected chi connectivity index (χ0v) is 22.2. The van der Waals surface area contributed by atoms with Crippen molar-refractivity contribution in [1.82, 2.24) is 4.90 Å². The Morgan fingerprint density at radius 1 is 1.11 bits per heavy atom. The Morgan fingerprint density at radius 2 is 1.87 bits per heavy atom. The molecule has 3 amide bonds. The summed E-state index contributed by atoms with van der Waals surface area (Å²) in [7, 11) is 0. The summed E-state index contributed by atoms with van der Waals surface area (Å²) in [6, 6.07) is 13.4. The Kier molecular flexibility index (Phi) is 7.59. The van der Waals surface area contributed by atoms with Crippen molar-refractivity contribution >= 4 is 68.9 Å². The molecule has 2 aromatic rings. The van der Waals surface area contributed by atoms with Crippen LogP contribution in [0.5, 0.6) is 0 Å². The number of carbonyl (C=O) groups is 4. The van der Waals surface area contributed by atoms with Crippen LogP contribution < -0.4 is 10.2 Å². The first-order valence-electron chi connectivity index (χ1n) is 12.2. The summed E-state index contributed by atoms with van der Waals surface area (Å²) in [4.78, 5) is 54.8. The molecule has 9 nitrogen and oxygen atoms in total. The molecule has 2 fully saturated rings. The van der Waals surface area contributed by atoms with Gasteiger partial charge in [0, 0.05) is 17.9 Å². The van der Waals surface area contributed by atoms with E-state index in [2.05, 4.69) is 5.32 Å². The van der Waals surface area contributed by atoms with E-state index in [-0.39, 0.29) is 35.6 Å². The topological polar surface area (TPSA) is 105 Å². The van der Waals surface area contributed by atoms with Gasteiger partial charge in [0.15, 0.2) is 0 Å². The summed E-state index contributed by atoms with van der Waals surface area (Å²) in [5, 5.41) is 2.75. The predicted molar refractivity (Wildman–Crippen MR) is 148 cm³/mol. The van der Waals surface area contributed by atoms with Crippen LogP contribution in [0.2, 0.25) is 0 Å². The first-order chi connectivity index (χ1) is 18.4. The molecule has 0 saturated carbocycles. The number of benzene rings is 2. The maximum atomic E-state index is 13.6. The molecule has 196 valence electrons. The number of rotatable bonds is 7. The molecule has 2 aromatic carbocycles. The van der Waals surface area contributed by atoms with Gasteiger partial charge in [-0.2, -0.15) is 0 Å². The highest BCUT2D eigenvalue weighted by Gasteiger charge is 2.43. The second-order valence-electron chi connectivity index (χ2n) is 8.88. The van der Waals surface area contributed by atoms with Gasteiger partial charge in [-0.1, -0.05) is 42.2 Å². The number of para-hydroxylation sites is 1. The van der Waals surface area contributed by atoms with Crippen LogP contribution in [-0.4, -0.2) is 65.3 Å². The van der Waals surface area contributed by atoms with Gasteiger partial charge in [-0.05, 0) is 50.1 Å². The van der Waals surface area contributed by atoms with Crippen molar-refractivity contribution < 1.29 is 28.7 Å². The number of hydrogen-bond acceptors (Lipinski definition) is 8. The van der Waals surface area contributed by atoms with E-state index in [4.69, 9.17) is 21.7 Å². The maximum Gasteiger partial charge on any atom is 0.338 e. The van der Waals surface area contributed by atoms with E-state index in [1.54, 1.807) is 55.5 Å². The van der Waals surface area contributed by atoms with Crippen LogP contribution in [0.15, 0.2) is 53.4 Å². The average molecular weight is 552 g/mol. The molecule has 0 aromatic heterocycles. The molecule has 2 saturated heterocycles. The molecule has 3 aliphatic rings. The number of anilines is 2. The third-order valence-electron chi connectivity index (χ3n) is 6.39. The lowest BCUT2D eigenvalue weighted by Crippen LogP contribution is -2.36. The molecule has 3 aliphatic heterocycles. The van der Waals surface area contributed by atoms with Gasteiger partial charge in [0.1, 0.15) is 10.9 Å². The molecule has 3 heterocycles. The Labute approximate surface area is 229 Å². The van der Waals surface area contributed by atoms with Crippen LogP contribution in [0.3, 0.4) is 0 Å². The van der Waals surface area contributed by atoms with E-state index in [1.807, 2.05) is 0 Å². The van der Waals surface area contributed by atoms with Crippen LogP contribution in [0.25, 0.3) is 5.57 Å². The van der Waals surface area contributed by atoms with Gasteiger partial charge in [0.05, 0.1) is 41.0 Å². The van der Waals surface area contributed by atoms with Gasteiger partial charge < -0.3 is 14.8 Å². The fourth-order valence-electron chi connectivity index (χ4n) is 4.60. The van der Waals surface area contributed by atoms with E-state index in [9.17, 15) is 19.2 Å².